The van der Waals surface area contributed by atoms with Gasteiger partial charge in [-0.05, 0) is 67.5 Å². The smallest absolute Gasteiger partial charge is 0.174 e. The van der Waals surface area contributed by atoms with E-state index in [9.17, 15) is 5.11 Å². The number of phenolic OH excluding ortho intramolecular Hbond substituents is 1. The summed E-state index contributed by atoms with van der Waals surface area (Å²) in [5.41, 5.74) is 2.67. The van der Waals surface area contributed by atoms with Crippen molar-refractivity contribution < 1.29 is 5.11 Å². The van der Waals surface area contributed by atoms with Gasteiger partial charge in [-0.2, -0.15) is 0 Å². The van der Waals surface area contributed by atoms with E-state index in [2.05, 4.69) is 33.2 Å². The van der Waals surface area contributed by atoms with Gasteiger partial charge in [0.25, 0.3) is 0 Å². The quantitative estimate of drug-likeness (QED) is 0.524. The normalized spacial score (nSPS) is 21.9. The second-order valence-corrected chi connectivity index (χ2v) is 8.73. The largest absolute Gasteiger partial charge is 0.506 e. The molecule has 3 aromatic rings. The fourth-order valence-electron chi connectivity index (χ4n) is 4.78. The molecule has 2 atom stereocenters. The van der Waals surface area contributed by atoms with Gasteiger partial charge in [0.1, 0.15) is 11.8 Å². The van der Waals surface area contributed by atoms with E-state index in [0.29, 0.717) is 21.9 Å². The van der Waals surface area contributed by atoms with Crippen molar-refractivity contribution in [3.8, 4) is 5.75 Å². The number of thiocarbonyl (C=S) groups is 1. The highest BCUT2D eigenvalue weighted by Gasteiger charge is 2.43. The third-order valence-corrected chi connectivity index (χ3v) is 6.68. The number of pyridine rings is 1. The Morgan fingerprint density at radius 3 is 2.70 bits per heavy atom. The maximum atomic E-state index is 10.7. The maximum absolute atomic E-state index is 10.7. The van der Waals surface area contributed by atoms with Crippen molar-refractivity contribution in [2.75, 3.05) is 4.90 Å². The number of phenols is 1. The van der Waals surface area contributed by atoms with Crippen molar-refractivity contribution in [3.63, 3.8) is 0 Å². The summed E-state index contributed by atoms with van der Waals surface area (Å²) >= 11 is 12.0. The molecule has 3 heterocycles. The zero-order valence-corrected chi connectivity index (χ0v) is 18.0. The summed E-state index contributed by atoms with van der Waals surface area (Å²) in [6.07, 6.45) is 8.84. The molecule has 2 fully saturated rings. The Balaban J connectivity index is 1.66. The van der Waals surface area contributed by atoms with Crippen LogP contribution in [0.15, 0.2) is 60.9 Å². The summed E-state index contributed by atoms with van der Waals surface area (Å²) < 4.78 is 2.39. The van der Waals surface area contributed by atoms with Crippen molar-refractivity contribution >= 4 is 34.6 Å². The predicted molar refractivity (Wildman–Crippen MR) is 123 cm³/mol. The highest BCUT2D eigenvalue weighted by Crippen LogP contribution is 2.46. The third-order valence-electron chi connectivity index (χ3n) is 6.13. The monoisotopic (exact) mass is 438 g/mol. The number of nitrogens with one attached hydrogen (secondary N) is 1. The zero-order chi connectivity index (χ0) is 20.7. The highest BCUT2D eigenvalue weighted by molar-refractivity contribution is 7.80. The van der Waals surface area contributed by atoms with Gasteiger partial charge in [0, 0.05) is 29.2 Å². The standard InChI is InChI=1S/C23H23ClN4OS/c24-15-10-11-20(29)19(14-15)28-22(18-9-5-13-27(18)16-6-1-2-7-16)21(26-23(28)30)17-8-3-4-12-25-17/h3-5,8-14,16,21-22,29H,1-2,6-7H2,(H,26,30). The van der Waals surface area contributed by atoms with Crippen molar-refractivity contribution in [3.05, 3.63) is 77.3 Å². The number of halogens is 1. The number of aromatic nitrogens is 2. The lowest BCUT2D eigenvalue weighted by Crippen LogP contribution is -2.30. The molecule has 0 radical (unpaired) electrons. The van der Waals surface area contributed by atoms with Gasteiger partial charge in [0.15, 0.2) is 5.11 Å². The molecule has 5 nitrogen and oxygen atoms in total. The first-order valence-corrected chi connectivity index (χ1v) is 11.1. The molecule has 0 amide bonds. The van der Waals surface area contributed by atoms with E-state index in [4.69, 9.17) is 23.8 Å². The summed E-state index contributed by atoms with van der Waals surface area (Å²) in [7, 11) is 0. The summed E-state index contributed by atoms with van der Waals surface area (Å²) in [5.74, 6) is 0.147. The molecule has 1 saturated heterocycles. The number of hydrogen-bond donors (Lipinski definition) is 2. The third kappa shape index (κ3) is 3.34. The topological polar surface area (TPSA) is 53.3 Å². The fourth-order valence-corrected chi connectivity index (χ4v) is 5.28. The van der Waals surface area contributed by atoms with Gasteiger partial charge in [-0.15, -0.1) is 0 Å². The Morgan fingerprint density at radius 1 is 1.10 bits per heavy atom. The minimum absolute atomic E-state index is 0.146. The van der Waals surface area contributed by atoms with Crippen LogP contribution in [0.25, 0.3) is 0 Å². The molecule has 5 rings (SSSR count). The van der Waals surface area contributed by atoms with Crippen LogP contribution in [0.4, 0.5) is 5.69 Å². The number of rotatable bonds is 4. The van der Waals surface area contributed by atoms with Crippen LogP contribution < -0.4 is 10.2 Å². The number of hydrogen-bond acceptors (Lipinski definition) is 3. The van der Waals surface area contributed by atoms with E-state index < -0.39 is 0 Å². The minimum Gasteiger partial charge on any atom is -0.506 e. The van der Waals surface area contributed by atoms with E-state index in [0.717, 1.165) is 11.4 Å². The number of nitrogens with zero attached hydrogens (tertiary/aromatic N) is 3. The van der Waals surface area contributed by atoms with Crippen LogP contribution in [-0.4, -0.2) is 19.8 Å². The number of anilines is 1. The van der Waals surface area contributed by atoms with Crippen molar-refractivity contribution in [1.29, 1.82) is 0 Å². The van der Waals surface area contributed by atoms with Crippen molar-refractivity contribution in [2.24, 2.45) is 0 Å². The van der Waals surface area contributed by atoms with Crippen LogP contribution in [0.3, 0.4) is 0 Å². The number of benzene rings is 1. The molecule has 1 aliphatic carbocycles. The maximum Gasteiger partial charge on any atom is 0.174 e. The first kappa shape index (κ1) is 19.4. The zero-order valence-electron chi connectivity index (χ0n) is 16.4. The Morgan fingerprint density at radius 2 is 1.93 bits per heavy atom. The number of aromatic hydroxyl groups is 1. The first-order chi connectivity index (χ1) is 14.6. The van der Waals surface area contributed by atoms with Crippen LogP contribution in [0.1, 0.15) is 55.2 Å². The van der Waals surface area contributed by atoms with Crippen LogP contribution in [-0.2, 0) is 0 Å². The Labute approximate surface area is 186 Å². The van der Waals surface area contributed by atoms with Crippen molar-refractivity contribution in [2.45, 2.75) is 43.8 Å². The highest BCUT2D eigenvalue weighted by atomic mass is 35.5. The van der Waals surface area contributed by atoms with Crippen molar-refractivity contribution in [1.82, 2.24) is 14.9 Å². The minimum atomic E-state index is -0.160. The summed E-state index contributed by atoms with van der Waals surface area (Å²) in [6, 6.07) is 15.4. The average molecular weight is 439 g/mol. The van der Waals surface area contributed by atoms with Crippen LogP contribution in [0, 0.1) is 0 Å². The van der Waals surface area contributed by atoms with E-state index in [1.807, 2.05) is 23.1 Å². The predicted octanol–water partition coefficient (Wildman–Crippen LogP) is 5.53. The SMILES string of the molecule is Oc1ccc(Cl)cc1N1C(=S)NC(c2ccccn2)C1c1cccn1C1CCCC1. The lowest BCUT2D eigenvalue weighted by atomic mass is 10.00. The van der Waals surface area contributed by atoms with Crippen LogP contribution in [0.2, 0.25) is 5.02 Å². The molecule has 2 aromatic heterocycles. The first-order valence-electron chi connectivity index (χ1n) is 10.3. The molecule has 7 heteroatoms. The molecule has 1 aliphatic heterocycles. The molecule has 0 bridgehead atoms. The van der Waals surface area contributed by atoms with Crippen LogP contribution in [0.5, 0.6) is 5.75 Å². The summed E-state index contributed by atoms with van der Waals surface area (Å²) in [4.78, 5) is 6.59. The van der Waals surface area contributed by atoms with Gasteiger partial charge in [0.05, 0.1) is 17.4 Å². The molecule has 2 aliphatic rings. The Bertz CT molecular complexity index is 1060. The molecule has 1 saturated carbocycles. The van der Waals surface area contributed by atoms with Gasteiger partial charge in [-0.1, -0.05) is 30.5 Å². The van der Waals surface area contributed by atoms with Gasteiger partial charge in [-0.3, -0.25) is 4.98 Å². The second kappa shape index (κ2) is 7.93. The molecule has 2 N–H and O–H groups in total. The Hall–Kier alpha value is -2.57. The molecule has 2 unspecified atom stereocenters. The van der Waals surface area contributed by atoms with E-state index in [1.165, 1.54) is 25.7 Å². The lowest BCUT2D eigenvalue weighted by molar-refractivity contribution is 0.454. The lowest BCUT2D eigenvalue weighted by Gasteiger charge is -2.30. The summed E-state index contributed by atoms with van der Waals surface area (Å²) in [5, 5.41) is 15.2. The van der Waals surface area contributed by atoms with Gasteiger partial charge in [0.2, 0.25) is 0 Å². The van der Waals surface area contributed by atoms with Crippen LogP contribution >= 0.6 is 23.8 Å². The molecule has 30 heavy (non-hydrogen) atoms. The average Bonchev–Trinajstić information content (AvgIpc) is 3.49. The molecular weight excluding hydrogens is 416 g/mol. The molecule has 0 spiro atoms. The molecule has 154 valence electrons. The fraction of sp³-hybridized carbons (Fsp3) is 0.304. The summed E-state index contributed by atoms with van der Waals surface area (Å²) in [6.45, 7) is 0. The van der Waals surface area contributed by atoms with Gasteiger partial charge in [-0.25, -0.2) is 0 Å². The van der Waals surface area contributed by atoms with E-state index in [-0.39, 0.29) is 17.8 Å². The Kier molecular flexibility index (Phi) is 5.13. The van der Waals surface area contributed by atoms with E-state index >= 15 is 0 Å². The second-order valence-electron chi connectivity index (χ2n) is 7.91. The van der Waals surface area contributed by atoms with Gasteiger partial charge < -0.3 is 19.9 Å². The molecule has 1 aromatic carbocycles. The van der Waals surface area contributed by atoms with E-state index in [1.54, 1.807) is 24.4 Å². The van der Waals surface area contributed by atoms with Gasteiger partial charge >= 0.3 is 0 Å². The molecular formula is C23H23ClN4OS.